The molecule has 2 aromatic carbocycles. The van der Waals surface area contributed by atoms with Gasteiger partial charge in [-0.25, -0.2) is 4.79 Å². The van der Waals surface area contributed by atoms with Gasteiger partial charge in [0.1, 0.15) is 23.7 Å². The van der Waals surface area contributed by atoms with Crippen LogP contribution in [-0.2, 0) is 10.9 Å². The Balaban J connectivity index is 1.98. The summed E-state index contributed by atoms with van der Waals surface area (Å²) in [4.78, 5) is 24.7. The molecule has 0 saturated carbocycles. The molecule has 174 valence electrons. The maximum atomic E-state index is 13.7. The molecule has 0 aliphatic carbocycles. The number of fused-ring (bicyclic) bond motifs is 1. The minimum Gasteiger partial charge on any atom is -0.489 e. The quantitative estimate of drug-likeness (QED) is 0.296. The summed E-state index contributed by atoms with van der Waals surface area (Å²) in [5.41, 5.74) is -0.394. The average molecular weight is 462 g/mol. The molecule has 0 saturated heterocycles. The van der Waals surface area contributed by atoms with Crippen molar-refractivity contribution in [1.82, 2.24) is 0 Å². The molecule has 0 atom stereocenters. The van der Waals surface area contributed by atoms with Gasteiger partial charge in [-0.3, -0.25) is 4.79 Å². The molecule has 0 bridgehead atoms. The van der Waals surface area contributed by atoms with E-state index in [0.29, 0.717) is 12.0 Å². The summed E-state index contributed by atoms with van der Waals surface area (Å²) in [5, 5.41) is -0.111. The largest absolute Gasteiger partial charge is 0.489 e. The first-order valence-corrected chi connectivity index (χ1v) is 10.0. The van der Waals surface area contributed by atoms with E-state index < -0.39 is 29.1 Å². The zero-order valence-corrected chi connectivity index (χ0v) is 18.0. The fourth-order valence-corrected chi connectivity index (χ4v) is 2.79. The summed E-state index contributed by atoms with van der Waals surface area (Å²) < 4.78 is 61.8. The summed E-state index contributed by atoms with van der Waals surface area (Å²) in [5.74, 6) is -3.02. The standard InChI is InChI=1S/C24H21F3O6/c1-4-11-30-23(29)15-5-7-16(8-6-15)32-21-20(28)18-10-9-17(31-13-14(2)3)12-19(18)33-22(21)24(25,26)27/h5-10,12H,2,4,11,13H2,1,3H3. The van der Waals surface area contributed by atoms with Gasteiger partial charge < -0.3 is 18.6 Å². The molecule has 9 heteroatoms. The number of benzene rings is 2. The van der Waals surface area contributed by atoms with E-state index in [9.17, 15) is 22.8 Å². The van der Waals surface area contributed by atoms with Crippen LogP contribution in [0.3, 0.4) is 0 Å². The highest BCUT2D eigenvalue weighted by molar-refractivity contribution is 5.89. The predicted molar refractivity (Wildman–Crippen MR) is 115 cm³/mol. The van der Waals surface area contributed by atoms with Crippen molar-refractivity contribution in [2.45, 2.75) is 26.4 Å². The van der Waals surface area contributed by atoms with Gasteiger partial charge in [-0.15, -0.1) is 0 Å². The Morgan fingerprint density at radius 2 is 1.76 bits per heavy atom. The van der Waals surface area contributed by atoms with Gasteiger partial charge in [-0.1, -0.05) is 13.5 Å². The van der Waals surface area contributed by atoms with Gasteiger partial charge in [0, 0.05) is 6.07 Å². The molecular formula is C24H21F3O6. The van der Waals surface area contributed by atoms with Crippen molar-refractivity contribution < 1.29 is 36.6 Å². The van der Waals surface area contributed by atoms with E-state index >= 15 is 0 Å². The molecule has 0 unspecified atom stereocenters. The second kappa shape index (κ2) is 9.81. The summed E-state index contributed by atoms with van der Waals surface area (Å²) in [7, 11) is 0. The number of carbonyl (C=O) groups is 1. The fourth-order valence-electron chi connectivity index (χ4n) is 2.79. The number of hydrogen-bond acceptors (Lipinski definition) is 6. The number of rotatable bonds is 8. The lowest BCUT2D eigenvalue weighted by molar-refractivity contribution is -0.154. The van der Waals surface area contributed by atoms with Crippen LogP contribution in [-0.4, -0.2) is 19.2 Å². The topological polar surface area (TPSA) is 75.0 Å². The fraction of sp³-hybridized carbons (Fsp3) is 0.250. The van der Waals surface area contributed by atoms with Crippen molar-refractivity contribution in [2.75, 3.05) is 13.2 Å². The van der Waals surface area contributed by atoms with Crippen LogP contribution in [0.1, 0.15) is 36.4 Å². The lowest BCUT2D eigenvalue weighted by atomic mass is 10.2. The monoisotopic (exact) mass is 462 g/mol. The number of halogens is 3. The second-order valence-electron chi connectivity index (χ2n) is 7.25. The Kier molecular flexibility index (Phi) is 7.10. The summed E-state index contributed by atoms with van der Waals surface area (Å²) >= 11 is 0. The van der Waals surface area contributed by atoms with E-state index in [4.69, 9.17) is 18.6 Å². The molecule has 1 aromatic heterocycles. The third-order valence-corrected chi connectivity index (χ3v) is 4.31. The van der Waals surface area contributed by atoms with Crippen LogP contribution in [0.4, 0.5) is 13.2 Å². The van der Waals surface area contributed by atoms with Crippen LogP contribution in [0.25, 0.3) is 11.0 Å². The van der Waals surface area contributed by atoms with Crippen molar-refractivity contribution in [3.8, 4) is 17.2 Å². The first-order chi connectivity index (χ1) is 15.6. The molecule has 0 fully saturated rings. The van der Waals surface area contributed by atoms with E-state index in [0.717, 1.165) is 0 Å². The van der Waals surface area contributed by atoms with Gasteiger partial charge in [0.05, 0.1) is 17.6 Å². The first kappa shape index (κ1) is 23.9. The van der Waals surface area contributed by atoms with Crippen LogP contribution in [0.15, 0.2) is 63.8 Å². The number of ether oxygens (including phenoxy) is 3. The van der Waals surface area contributed by atoms with Crippen LogP contribution in [0.2, 0.25) is 0 Å². The molecule has 0 aliphatic heterocycles. The Morgan fingerprint density at radius 3 is 2.36 bits per heavy atom. The molecule has 0 amide bonds. The van der Waals surface area contributed by atoms with E-state index in [2.05, 4.69) is 6.58 Å². The lowest BCUT2D eigenvalue weighted by Crippen LogP contribution is -2.15. The van der Waals surface area contributed by atoms with E-state index in [1.165, 1.54) is 42.5 Å². The maximum absolute atomic E-state index is 13.7. The highest BCUT2D eigenvalue weighted by Crippen LogP contribution is 2.38. The minimum absolute atomic E-state index is 0.0828. The van der Waals surface area contributed by atoms with Gasteiger partial charge in [0.2, 0.25) is 11.2 Å². The zero-order chi connectivity index (χ0) is 24.2. The van der Waals surface area contributed by atoms with Crippen LogP contribution < -0.4 is 14.9 Å². The number of hydrogen-bond donors (Lipinski definition) is 0. The number of alkyl halides is 3. The van der Waals surface area contributed by atoms with Crippen molar-refractivity contribution in [3.63, 3.8) is 0 Å². The highest BCUT2D eigenvalue weighted by atomic mass is 19.4. The highest BCUT2D eigenvalue weighted by Gasteiger charge is 2.40. The second-order valence-corrected chi connectivity index (χ2v) is 7.25. The van der Waals surface area contributed by atoms with Gasteiger partial charge in [0.25, 0.3) is 5.76 Å². The lowest BCUT2D eigenvalue weighted by Gasteiger charge is -2.14. The van der Waals surface area contributed by atoms with Crippen LogP contribution in [0, 0.1) is 0 Å². The Morgan fingerprint density at radius 1 is 1.09 bits per heavy atom. The number of esters is 1. The zero-order valence-electron chi connectivity index (χ0n) is 18.0. The van der Waals surface area contributed by atoms with Crippen LogP contribution >= 0.6 is 0 Å². The summed E-state index contributed by atoms with van der Waals surface area (Å²) in [6.45, 7) is 7.65. The molecule has 0 aliphatic rings. The van der Waals surface area contributed by atoms with Crippen molar-refractivity contribution in [3.05, 3.63) is 76.2 Å². The first-order valence-electron chi connectivity index (χ1n) is 10.0. The van der Waals surface area contributed by atoms with Crippen molar-refractivity contribution in [1.29, 1.82) is 0 Å². The molecule has 3 rings (SSSR count). The van der Waals surface area contributed by atoms with E-state index in [-0.39, 0.29) is 41.2 Å². The van der Waals surface area contributed by atoms with E-state index in [1.54, 1.807) is 6.92 Å². The Bertz CT molecular complexity index is 1230. The smallest absolute Gasteiger partial charge is 0.453 e. The molecule has 0 spiro atoms. The molecule has 6 nitrogen and oxygen atoms in total. The Labute approximate surface area is 187 Å². The van der Waals surface area contributed by atoms with E-state index in [1.807, 2.05) is 6.92 Å². The van der Waals surface area contributed by atoms with Crippen molar-refractivity contribution in [2.24, 2.45) is 0 Å². The maximum Gasteiger partial charge on any atom is 0.453 e. The van der Waals surface area contributed by atoms with Crippen LogP contribution in [0.5, 0.6) is 17.2 Å². The molecule has 33 heavy (non-hydrogen) atoms. The third kappa shape index (κ3) is 5.74. The predicted octanol–water partition coefficient (Wildman–Crippen LogP) is 6.13. The molecule has 1 heterocycles. The summed E-state index contributed by atoms with van der Waals surface area (Å²) in [6.07, 6.45) is -4.35. The molecule has 3 aromatic rings. The molecule has 0 N–H and O–H groups in total. The Hall–Kier alpha value is -3.75. The minimum atomic E-state index is -5.00. The molecule has 0 radical (unpaired) electrons. The third-order valence-electron chi connectivity index (χ3n) is 4.31. The van der Waals surface area contributed by atoms with Gasteiger partial charge >= 0.3 is 12.1 Å². The summed E-state index contributed by atoms with van der Waals surface area (Å²) in [6, 6.07) is 9.13. The number of carbonyl (C=O) groups excluding carboxylic acids is 1. The van der Waals surface area contributed by atoms with Gasteiger partial charge in [-0.05, 0) is 55.3 Å². The van der Waals surface area contributed by atoms with Gasteiger partial charge in [0.15, 0.2) is 0 Å². The normalized spacial score (nSPS) is 11.3. The van der Waals surface area contributed by atoms with Crippen molar-refractivity contribution >= 4 is 16.9 Å². The SMILES string of the molecule is C=C(C)COc1ccc2c(=O)c(Oc3ccc(C(=O)OCCC)cc3)c(C(F)(F)F)oc2c1. The average Bonchev–Trinajstić information content (AvgIpc) is 2.77. The molecular weight excluding hydrogens is 441 g/mol. The van der Waals surface area contributed by atoms with Gasteiger partial charge in [-0.2, -0.15) is 13.2 Å².